The molecule has 0 atom stereocenters. The molecule has 51 heavy (non-hydrogen) atoms. The van der Waals surface area contributed by atoms with Gasteiger partial charge in [0.2, 0.25) is 0 Å². The van der Waals surface area contributed by atoms with E-state index in [9.17, 15) is 0 Å². The van der Waals surface area contributed by atoms with Gasteiger partial charge in [0.25, 0.3) is 0 Å². The molecule has 0 amide bonds. The molecule has 0 aromatic heterocycles. The van der Waals surface area contributed by atoms with E-state index < -0.39 is 0 Å². The van der Waals surface area contributed by atoms with Crippen LogP contribution < -0.4 is 0 Å². The van der Waals surface area contributed by atoms with Crippen molar-refractivity contribution >= 4 is 32.3 Å². The van der Waals surface area contributed by atoms with Gasteiger partial charge in [-0.15, -0.1) is 0 Å². The van der Waals surface area contributed by atoms with E-state index >= 15 is 0 Å². The predicted molar refractivity (Wildman–Crippen MR) is 218 cm³/mol. The molecule has 0 bridgehead atoms. The van der Waals surface area contributed by atoms with Gasteiger partial charge in [0.1, 0.15) is 0 Å². The summed E-state index contributed by atoms with van der Waals surface area (Å²) >= 11 is 0. The van der Waals surface area contributed by atoms with Gasteiger partial charge >= 0.3 is 0 Å². The van der Waals surface area contributed by atoms with Crippen LogP contribution in [0, 0.1) is 0 Å². The van der Waals surface area contributed by atoms with E-state index in [0.29, 0.717) is 0 Å². The van der Waals surface area contributed by atoms with Gasteiger partial charge in [-0.2, -0.15) is 0 Å². The fourth-order valence-corrected chi connectivity index (χ4v) is 8.75. The minimum atomic E-state index is -0.0739. The maximum atomic E-state index is 2.48. The quantitative estimate of drug-likeness (QED) is 0.167. The van der Waals surface area contributed by atoms with Crippen molar-refractivity contribution in [3.63, 3.8) is 0 Å². The first-order valence-corrected chi connectivity index (χ1v) is 17.9. The molecule has 0 saturated heterocycles. The first kappa shape index (κ1) is 29.7. The molecule has 0 aliphatic heterocycles. The summed E-state index contributed by atoms with van der Waals surface area (Å²) in [7, 11) is 0. The lowest BCUT2D eigenvalue weighted by atomic mass is 9.80. The highest BCUT2D eigenvalue weighted by Crippen LogP contribution is 2.52. The molecule has 0 radical (unpaired) electrons. The van der Waals surface area contributed by atoms with Gasteiger partial charge in [0, 0.05) is 5.41 Å². The summed E-state index contributed by atoms with van der Waals surface area (Å²) in [6.45, 7) is 4.74. The van der Waals surface area contributed by atoms with Crippen molar-refractivity contribution in [2.75, 3.05) is 0 Å². The van der Waals surface area contributed by atoms with Crippen molar-refractivity contribution in [3.05, 3.63) is 193 Å². The summed E-state index contributed by atoms with van der Waals surface area (Å²) in [4.78, 5) is 0. The van der Waals surface area contributed by atoms with E-state index in [1.165, 1.54) is 99.1 Å². The van der Waals surface area contributed by atoms with Crippen LogP contribution in [0.3, 0.4) is 0 Å². The van der Waals surface area contributed by atoms with E-state index in [2.05, 4.69) is 196 Å². The van der Waals surface area contributed by atoms with Gasteiger partial charge in [-0.25, -0.2) is 0 Å². The first-order chi connectivity index (χ1) is 25.1. The van der Waals surface area contributed by atoms with E-state index in [1.807, 2.05) is 0 Å². The van der Waals surface area contributed by atoms with E-state index in [-0.39, 0.29) is 5.41 Å². The highest BCUT2D eigenvalue weighted by atomic mass is 14.4. The van der Waals surface area contributed by atoms with Crippen molar-refractivity contribution in [1.82, 2.24) is 0 Å². The van der Waals surface area contributed by atoms with Crippen LogP contribution in [-0.2, 0) is 5.41 Å². The van der Waals surface area contributed by atoms with Gasteiger partial charge in [-0.05, 0) is 111 Å². The summed E-state index contributed by atoms with van der Waals surface area (Å²) in [5.41, 5.74) is 15.4. The van der Waals surface area contributed by atoms with E-state index in [0.717, 1.165) is 0 Å². The maximum absolute atomic E-state index is 2.48. The monoisotopic (exact) mass is 648 g/mol. The Hall–Kier alpha value is -6.24. The third-order valence-electron chi connectivity index (χ3n) is 11.3. The van der Waals surface area contributed by atoms with Crippen LogP contribution >= 0.6 is 0 Å². The fourth-order valence-electron chi connectivity index (χ4n) is 8.75. The summed E-state index contributed by atoms with van der Waals surface area (Å²) in [6, 6.07) is 67.4. The Balaban J connectivity index is 1.26. The van der Waals surface area contributed by atoms with Gasteiger partial charge in [0.15, 0.2) is 0 Å². The van der Waals surface area contributed by atoms with Crippen LogP contribution in [0.1, 0.15) is 25.0 Å². The summed E-state index contributed by atoms with van der Waals surface area (Å²) in [5, 5.41) is 7.62. The zero-order chi connectivity index (χ0) is 34.1. The number of hydrogen-bond donors (Lipinski definition) is 0. The molecule has 9 aromatic rings. The molecule has 0 nitrogen and oxygen atoms in total. The first-order valence-electron chi connectivity index (χ1n) is 17.9. The van der Waals surface area contributed by atoms with Crippen molar-refractivity contribution in [2.24, 2.45) is 0 Å². The Morgan fingerprint density at radius 3 is 1.63 bits per heavy atom. The zero-order valence-corrected chi connectivity index (χ0v) is 28.8. The van der Waals surface area contributed by atoms with Crippen molar-refractivity contribution < 1.29 is 0 Å². The van der Waals surface area contributed by atoms with Crippen LogP contribution in [0.4, 0.5) is 0 Å². The molecule has 0 heterocycles. The molecule has 0 saturated carbocycles. The highest BCUT2D eigenvalue weighted by Gasteiger charge is 2.35. The summed E-state index contributed by atoms with van der Waals surface area (Å²) in [5.74, 6) is 0. The molecular formula is C51H36. The Bertz CT molecular complexity index is 2790. The molecule has 10 rings (SSSR count). The summed E-state index contributed by atoms with van der Waals surface area (Å²) < 4.78 is 0. The smallest absolute Gasteiger partial charge is 0.0159 e. The topological polar surface area (TPSA) is 0 Å². The number of rotatable bonds is 4. The molecule has 0 heteroatoms. The standard InChI is InChI=1S/C51H36/c1-51(2)47-22-11-10-18-40(47)41-29-28-38(32-48(41)51)49-43-19-8-9-20-44(43)50(42-21-12-16-36-15-6-7-17-39(36)42)46-31-37(27-30-45(46)49)35-25-23-34(24-26-35)33-13-4-3-5-14-33/h3-32H,1-2H3. The lowest BCUT2D eigenvalue weighted by Gasteiger charge is -2.23. The number of hydrogen-bond acceptors (Lipinski definition) is 0. The average molecular weight is 649 g/mol. The molecule has 0 spiro atoms. The molecule has 0 N–H and O–H groups in total. The second kappa shape index (κ2) is 11.4. The number of fused-ring (bicyclic) bond motifs is 6. The van der Waals surface area contributed by atoms with E-state index in [4.69, 9.17) is 0 Å². The lowest BCUT2D eigenvalue weighted by molar-refractivity contribution is 0.660. The van der Waals surface area contributed by atoms with Crippen LogP contribution in [0.15, 0.2) is 182 Å². The fraction of sp³-hybridized carbons (Fsp3) is 0.0588. The number of benzene rings is 9. The zero-order valence-electron chi connectivity index (χ0n) is 28.8. The molecule has 1 aliphatic carbocycles. The van der Waals surface area contributed by atoms with Gasteiger partial charge in [-0.1, -0.05) is 184 Å². The Morgan fingerprint density at radius 2 is 0.824 bits per heavy atom. The minimum Gasteiger partial charge on any atom is -0.0622 e. The normalized spacial score (nSPS) is 13.1. The predicted octanol–water partition coefficient (Wildman–Crippen LogP) is 14.1. The molecule has 0 fully saturated rings. The lowest BCUT2D eigenvalue weighted by Crippen LogP contribution is -2.14. The molecule has 1 aliphatic rings. The van der Waals surface area contributed by atoms with Gasteiger partial charge < -0.3 is 0 Å². The molecule has 240 valence electrons. The van der Waals surface area contributed by atoms with Crippen LogP contribution in [-0.4, -0.2) is 0 Å². The maximum Gasteiger partial charge on any atom is 0.0159 e. The SMILES string of the molecule is CC1(C)c2ccccc2-c2ccc(-c3c4ccccc4c(-c4cccc5ccccc45)c4cc(-c5ccc(-c6ccccc6)cc5)ccc34)cc21. The Kier molecular flexibility index (Phi) is 6.63. The van der Waals surface area contributed by atoms with Crippen LogP contribution in [0.2, 0.25) is 0 Å². The average Bonchev–Trinajstić information content (AvgIpc) is 3.42. The second-order valence-corrected chi connectivity index (χ2v) is 14.5. The third-order valence-corrected chi connectivity index (χ3v) is 11.3. The van der Waals surface area contributed by atoms with Crippen LogP contribution in [0.25, 0.3) is 88.0 Å². The summed E-state index contributed by atoms with van der Waals surface area (Å²) in [6.07, 6.45) is 0. The third kappa shape index (κ3) is 4.60. The molecule has 9 aromatic carbocycles. The second-order valence-electron chi connectivity index (χ2n) is 14.5. The molecule has 0 unspecified atom stereocenters. The molecular weight excluding hydrogens is 613 g/mol. The van der Waals surface area contributed by atoms with E-state index in [1.54, 1.807) is 0 Å². The van der Waals surface area contributed by atoms with Crippen molar-refractivity contribution in [3.8, 4) is 55.6 Å². The van der Waals surface area contributed by atoms with Crippen LogP contribution in [0.5, 0.6) is 0 Å². The Labute approximate surface area is 299 Å². The minimum absolute atomic E-state index is 0.0739. The van der Waals surface area contributed by atoms with Gasteiger partial charge in [-0.3, -0.25) is 0 Å². The highest BCUT2D eigenvalue weighted by molar-refractivity contribution is 6.24. The van der Waals surface area contributed by atoms with Crippen molar-refractivity contribution in [2.45, 2.75) is 19.3 Å². The largest absolute Gasteiger partial charge is 0.0622 e. The van der Waals surface area contributed by atoms with Gasteiger partial charge in [0.05, 0.1) is 0 Å². The van der Waals surface area contributed by atoms with Crippen molar-refractivity contribution in [1.29, 1.82) is 0 Å². The Morgan fingerprint density at radius 1 is 0.294 bits per heavy atom.